The van der Waals surface area contributed by atoms with Gasteiger partial charge in [0.1, 0.15) is 23.4 Å². The van der Waals surface area contributed by atoms with Crippen LogP contribution < -0.4 is 10.6 Å². The lowest BCUT2D eigenvalue weighted by Crippen LogP contribution is -2.25. The zero-order chi connectivity index (χ0) is 21.7. The Hall–Kier alpha value is -3.90. The molecular weight excluding hydrogens is 399 g/mol. The molecule has 1 aliphatic rings. The smallest absolute Gasteiger partial charge is 0.196 e. The van der Waals surface area contributed by atoms with E-state index >= 15 is 0 Å². The summed E-state index contributed by atoms with van der Waals surface area (Å²) in [5.41, 5.74) is 7.96. The minimum atomic E-state index is -0.687. The lowest BCUT2D eigenvalue weighted by molar-refractivity contribution is 0.469. The van der Waals surface area contributed by atoms with Crippen LogP contribution in [0.4, 0.5) is 10.3 Å². The van der Waals surface area contributed by atoms with Crippen molar-refractivity contribution in [1.82, 2.24) is 15.2 Å². The fourth-order valence-electron chi connectivity index (χ4n) is 4.07. The number of nitrogens with zero attached hydrogens (tertiary/aromatic N) is 4. The normalized spacial score (nSPS) is 16.2. The zero-order valence-electron chi connectivity index (χ0n) is 16.7. The van der Waals surface area contributed by atoms with E-state index in [0.29, 0.717) is 40.5 Å². The van der Waals surface area contributed by atoms with Crippen molar-refractivity contribution < 1.29 is 13.9 Å². The Labute approximate surface area is 176 Å². The van der Waals surface area contributed by atoms with Crippen LogP contribution >= 0.6 is 0 Å². The molecule has 9 heteroatoms. The summed E-state index contributed by atoms with van der Waals surface area (Å²) in [5, 5.41) is 27.4. The predicted octanol–water partition coefficient (Wildman–Crippen LogP) is 3.45. The number of aryl methyl sites for hydroxylation is 1. The Bertz CT molecular complexity index is 1350. The van der Waals surface area contributed by atoms with Gasteiger partial charge in [-0.1, -0.05) is 0 Å². The van der Waals surface area contributed by atoms with Crippen molar-refractivity contribution in [3.8, 4) is 34.4 Å². The van der Waals surface area contributed by atoms with E-state index in [4.69, 9.17) is 10.2 Å². The average Bonchev–Trinajstić information content (AvgIpc) is 3.47. The number of aromatic hydroxyl groups is 1. The van der Waals surface area contributed by atoms with E-state index in [1.807, 2.05) is 13.0 Å². The second kappa shape index (κ2) is 7.11. The van der Waals surface area contributed by atoms with E-state index in [1.54, 1.807) is 6.07 Å². The van der Waals surface area contributed by atoms with Gasteiger partial charge in [-0.3, -0.25) is 5.10 Å². The molecule has 0 spiro atoms. The van der Waals surface area contributed by atoms with Gasteiger partial charge in [-0.2, -0.15) is 10.4 Å². The maximum Gasteiger partial charge on any atom is 0.196 e. The molecule has 0 bridgehead atoms. The number of furan rings is 1. The molecule has 31 heavy (non-hydrogen) atoms. The van der Waals surface area contributed by atoms with Gasteiger partial charge in [-0.25, -0.2) is 9.37 Å². The number of aromatic nitrogens is 3. The highest BCUT2D eigenvalue weighted by Gasteiger charge is 2.26. The topological polar surface area (TPSA) is 128 Å². The number of rotatable bonds is 3. The Morgan fingerprint density at radius 2 is 2.19 bits per heavy atom. The quantitative estimate of drug-likeness (QED) is 0.465. The summed E-state index contributed by atoms with van der Waals surface area (Å²) >= 11 is 0. The standard InChI is InChI=1S/C22H19FN6O2/c1-11-19-20(17-4-5-18(31-17)29-7-6-12(25)10-29)15(9-24)21(26-22(19)28-27-11)14-3-2-13(30)8-16(14)23/h2-5,8,12,30H,6-7,10,25H2,1H3,(H,26,27,28)/t12-/m0/s1. The molecule has 0 radical (unpaired) electrons. The van der Waals surface area contributed by atoms with E-state index in [2.05, 4.69) is 26.2 Å². The number of phenolic OH excluding ortho intramolecular Hbond substituents is 1. The molecule has 3 aromatic heterocycles. The molecule has 5 rings (SSSR count). The van der Waals surface area contributed by atoms with Gasteiger partial charge in [0.25, 0.3) is 0 Å². The number of anilines is 1. The highest BCUT2D eigenvalue weighted by atomic mass is 19.1. The Morgan fingerprint density at radius 1 is 1.35 bits per heavy atom. The van der Waals surface area contributed by atoms with Gasteiger partial charge in [-0.15, -0.1) is 0 Å². The van der Waals surface area contributed by atoms with Gasteiger partial charge in [0.05, 0.1) is 22.2 Å². The van der Waals surface area contributed by atoms with Crippen molar-refractivity contribution in [2.75, 3.05) is 18.0 Å². The first kappa shape index (κ1) is 19.1. The molecule has 4 aromatic rings. The second-order valence-corrected chi connectivity index (χ2v) is 7.67. The largest absolute Gasteiger partial charge is 0.508 e. The van der Waals surface area contributed by atoms with Gasteiger partial charge in [-0.05, 0) is 31.5 Å². The first-order valence-electron chi connectivity index (χ1n) is 9.84. The second-order valence-electron chi connectivity index (χ2n) is 7.67. The number of nitriles is 1. The summed E-state index contributed by atoms with van der Waals surface area (Å²) in [6, 6.07) is 9.63. The van der Waals surface area contributed by atoms with Crippen molar-refractivity contribution >= 4 is 16.9 Å². The number of nitrogens with one attached hydrogen (secondary N) is 1. The predicted molar refractivity (Wildman–Crippen MR) is 113 cm³/mol. The average molecular weight is 418 g/mol. The number of nitrogens with two attached hydrogens (primary N) is 1. The molecule has 0 amide bonds. The van der Waals surface area contributed by atoms with Crippen molar-refractivity contribution in [1.29, 1.82) is 5.26 Å². The molecule has 1 atom stereocenters. The van der Waals surface area contributed by atoms with Crippen LogP contribution in [-0.4, -0.2) is 39.4 Å². The van der Waals surface area contributed by atoms with Crippen LogP contribution in [0.1, 0.15) is 17.7 Å². The molecule has 0 unspecified atom stereocenters. The number of aromatic amines is 1. The lowest BCUT2D eigenvalue weighted by atomic mass is 9.96. The Kier molecular flexibility index (Phi) is 4.38. The fourth-order valence-corrected chi connectivity index (χ4v) is 4.07. The molecule has 1 saturated heterocycles. The van der Waals surface area contributed by atoms with Gasteiger partial charge < -0.3 is 20.2 Å². The number of hydrogen-bond donors (Lipinski definition) is 3. The maximum absolute atomic E-state index is 14.7. The summed E-state index contributed by atoms with van der Waals surface area (Å²) in [5.74, 6) is 0.226. The molecule has 0 aliphatic carbocycles. The molecule has 4 N–H and O–H groups in total. The summed E-state index contributed by atoms with van der Waals surface area (Å²) in [6.45, 7) is 3.31. The third-order valence-corrected chi connectivity index (χ3v) is 5.58. The van der Waals surface area contributed by atoms with Crippen LogP contribution in [0.5, 0.6) is 5.75 Å². The minimum Gasteiger partial charge on any atom is -0.508 e. The molecule has 1 aliphatic heterocycles. The molecule has 4 heterocycles. The van der Waals surface area contributed by atoms with E-state index in [9.17, 15) is 14.8 Å². The molecule has 0 saturated carbocycles. The highest BCUT2D eigenvalue weighted by molar-refractivity contribution is 5.99. The van der Waals surface area contributed by atoms with Crippen LogP contribution in [0.15, 0.2) is 34.7 Å². The van der Waals surface area contributed by atoms with Gasteiger partial charge in [0.2, 0.25) is 0 Å². The first-order valence-corrected chi connectivity index (χ1v) is 9.84. The zero-order valence-corrected chi connectivity index (χ0v) is 16.7. The fraction of sp³-hybridized carbons (Fsp3) is 0.227. The molecule has 1 fully saturated rings. The van der Waals surface area contributed by atoms with Gasteiger partial charge in [0, 0.05) is 42.5 Å². The number of benzene rings is 1. The summed E-state index contributed by atoms with van der Waals surface area (Å²) < 4.78 is 20.8. The van der Waals surface area contributed by atoms with Crippen LogP contribution in [0.2, 0.25) is 0 Å². The van der Waals surface area contributed by atoms with Crippen LogP contribution in [0, 0.1) is 24.1 Å². The molecule has 8 nitrogen and oxygen atoms in total. The number of H-pyrrole nitrogens is 1. The monoisotopic (exact) mass is 418 g/mol. The summed E-state index contributed by atoms with van der Waals surface area (Å²) in [7, 11) is 0. The third kappa shape index (κ3) is 3.08. The Morgan fingerprint density at radius 3 is 2.90 bits per heavy atom. The van der Waals surface area contributed by atoms with Crippen molar-refractivity contribution in [2.24, 2.45) is 5.73 Å². The number of fused-ring (bicyclic) bond motifs is 1. The molecule has 156 valence electrons. The summed E-state index contributed by atoms with van der Waals surface area (Å²) in [6.07, 6.45) is 0.879. The van der Waals surface area contributed by atoms with Gasteiger partial charge in [0.15, 0.2) is 11.5 Å². The Balaban J connectivity index is 1.75. The van der Waals surface area contributed by atoms with Crippen molar-refractivity contribution in [2.45, 2.75) is 19.4 Å². The minimum absolute atomic E-state index is 0.0930. The number of hydrogen-bond acceptors (Lipinski definition) is 7. The van der Waals surface area contributed by atoms with Crippen molar-refractivity contribution in [3.63, 3.8) is 0 Å². The van der Waals surface area contributed by atoms with Crippen LogP contribution in [0.3, 0.4) is 0 Å². The van der Waals surface area contributed by atoms with Crippen LogP contribution in [-0.2, 0) is 0 Å². The van der Waals surface area contributed by atoms with E-state index in [0.717, 1.165) is 19.0 Å². The van der Waals surface area contributed by atoms with E-state index in [-0.39, 0.29) is 28.6 Å². The number of pyridine rings is 1. The van der Waals surface area contributed by atoms with Crippen LogP contribution in [0.25, 0.3) is 33.6 Å². The first-order chi connectivity index (χ1) is 15.0. The number of halogens is 1. The van der Waals surface area contributed by atoms with E-state index in [1.165, 1.54) is 12.1 Å². The molecule has 1 aromatic carbocycles. The van der Waals surface area contributed by atoms with Crippen molar-refractivity contribution in [3.05, 3.63) is 47.4 Å². The SMILES string of the molecule is Cc1[nH]nc2nc(-c3ccc(O)cc3F)c(C#N)c(-c3ccc(N4CC[C@H](N)C4)o3)c12. The number of phenols is 1. The van der Waals surface area contributed by atoms with E-state index < -0.39 is 5.82 Å². The maximum atomic E-state index is 14.7. The van der Waals surface area contributed by atoms with Gasteiger partial charge >= 0.3 is 0 Å². The molecular formula is C22H19FN6O2. The summed E-state index contributed by atoms with van der Waals surface area (Å²) in [4.78, 5) is 6.51. The lowest BCUT2D eigenvalue weighted by Gasteiger charge is -2.14. The third-order valence-electron chi connectivity index (χ3n) is 5.58. The highest BCUT2D eigenvalue weighted by Crippen LogP contribution is 2.40.